The van der Waals surface area contributed by atoms with Crippen molar-refractivity contribution in [1.29, 1.82) is 0 Å². The first-order chi connectivity index (χ1) is 5.13. The predicted octanol–water partition coefficient (Wildman–Crippen LogP) is 1.56. The van der Waals surface area contributed by atoms with Crippen molar-refractivity contribution in [2.24, 2.45) is 0 Å². The van der Waals surface area contributed by atoms with E-state index >= 15 is 0 Å². The smallest absolute Gasteiger partial charge is 0.300 e. The summed E-state index contributed by atoms with van der Waals surface area (Å²) in [5.41, 5.74) is 0. The molecular formula is C8H11IO3. The van der Waals surface area contributed by atoms with Gasteiger partial charge >= 0.3 is 0 Å². The molecule has 68 valence electrons. The molecule has 0 aliphatic heterocycles. The fourth-order valence-electron chi connectivity index (χ4n) is 0.415. The van der Waals surface area contributed by atoms with Crippen LogP contribution in [-0.4, -0.2) is 16.6 Å². The van der Waals surface area contributed by atoms with Crippen molar-refractivity contribution >= 4 is 28.6 Å². The van der Waals surface area contributed by atoms with Crippen molar-refractivity contribution in [1.82, 2.24) is 0 Å². The van der Waals surface area contributed by atoms with Gasteiger partial charge in [0.05, 0.1) is 0 Å². The van der Waals surface area contributed by atoms with E-state index in [0.29, 0.717) is 0 Å². The lowest BCUT2D eigenvalue weighted by Crippen LogP contribution is -1.78. The van der Waals surface area contributed by atoms with Gasteiger partial charge in [-0.2, -0.15) is 0 Å². The first kappa shape index (κ1) is 13.9. The highest BCUT2D eigenvalue weighted by atomic mass is 127. The van der Waals surface area contributed by atoms with Gasteiger partial charge in [-0.15, -0.1) is 0 Å². The molecule has 3 N–H and O–H groups in total. The summed E-state index contributed by atoms with van der Waals surface area (Å²) in [7, 11) is 0. The number of carboxylic acid groups (broad SMARTS) is 1. The molecule has 0 aliphatic carbocycles. The Balaban J connectivity index is 0. The van der Waals surface area contributed by atoms with Gasteiger partial charge < -0.3 is 10.6 Å². The normalized spacial score (nSPS) is 7.17. The fourth-order valence-corrected chi connectivity index (χ4v) is 0.830. The van der Waals surface area contributed by atoms with Crippen LogP contribution in [0, 0.1) is 3.57 Å². The third-order valence-electron chi connectivity index (χ3n) is 0.733. The Kier molecular flexibility index (Phi) is 9.84. The van der Waals surface area contributed by atoms with Gasteiger partial charge in [0.2, 0.25) is 0 Å². The molecule has 0 amide bonds. The summed E-state index contributed by atoms with van der Waals surface area (Å²) in [6, 6.07) is 10.2. The zero-order valence-corrected chi connectivity index (χ0v) is 8.78. The summed E-state index contributed by atoms with van der Waals surface area (Å²) in [6.45, 7) is 1.08. The average molecular weight is 282 g/mol. The topological polar surface area (TPSA) is 68.8 Å². The molecule has 1 aromatic carbocycles. The van der Waals surface area contributed by atoms with Gasteiger partial charge in [-0.3, -0.25) is 4.79 Å². The minimum Gasteiger partial charge on any atom is -0.481 e. The first-order valence-electron chi connectivity index (χ1n) is 3.03. The third kappa shape index (κ3) is 12.1. The molecule has 0 saturated carbocycles. The van der Waals surface area contributed by atoms with Crippen molar-refractivity contribution in [3.63, 3.8) is 0 Å². The van der Waals surface area contributed by atoms with Crippen LogP contribution >= 0.6 is 22.6 Å². The Labute approximate surface area is 84.9 Å². The monoisotopic (exact) mass is 282 g/mol. The SMILES string of the molecule is CC(=O)O.Ic1ccccc1.O. The second-order valence-corrected chi connectivity index (χ2v) is 3.06. The van der Waals surface area contributed by atoms with E-state index in [0.717, 1.165) is 6.92 Å². The maximum atomic E-state index is 9.00. The fraction of sp³-hybridized carbons (Fsp3) is 0.125. The maximum Gasteiger partial charge on any atom is 0.300 e. The number of hydrogen-bond acceptors (Lipinski definition) is 1. The van der Waals surface area contributed by atoms with E-state index in [1.54, 1.807) is 0 Å². The van der Waals surface area contributed by atoms with Crippen molar-refractivity contribution in [2.45, 2.75) is 6.92 Å². The molecule has 0 bridgehead atoms. The maximum absolute atomic E-state index is 9.00. The largest absolute Gasteiger partial charge is 0.481 e. The van der Waals surface area contributed by atoms with E-state index in [1.165, 1.54) is 3.57 Å². The van der Waals surface area contributed by atoms with Crippen LogP contribution in [0.2, 0.25) is 0 Å². The molecule has 0 unspecified atom stereocenters. The van der Waals surface area contributed by atoms with E-state index in [9.17, 15) is 0 Å². The summed E-state index contributed by atoms with van der Waals surface area (Å²) < 4.78 is 1.29. The van der Waals surface area contributed by atoms with Gasteiger partial charge in [-0.05, 0) is 34.7 Å². The zero-order chi connectivity index (χ0) is 8.69. The van der Waals surface area contributed by atoms with Crippen molar-refractivity contribution < 1.29 is 15.4 Å². The lowest BCUT2D eigenvalue weighted by Gasteiger charge is -1.80. The number of carbonyl (C=O) groups is 1. The van der Waals surface area contributed by atoms with Crippen LogP contribution in [0.1, 0.15) is 6.92 Å². The minimum absolute atomic E-state index is 0. The van der Waals surface area contributed by atoms with E-state index in [4.69, 9.17) is 9.90 Å². The molecule has 3 nitrogen and oxygen atoms in total. The van der Waals surface area contributed by atoms with Gasteiger partial charge in [0.1, 0.15) is 0 Å². The van der Waals surface area contributed by atoms with E-state index in [2.05, 4.69) is 34.7 Å². The number of halogens is 1. The van der Waals surface area contributed by atoms with Crippen LogP contribution in [0.25, 0.3) is 0 Å². The van der Waals surface area contributed by atoms with Crippen molar-refractivity contribution in [3.8, 4) is 0 Å². The highest BCUT2D eigenvalue weighted by molar-refractivity contribution is 14.1. The second-order valence-electron chi connectivity index (χ2n) is 1.81. The van der Waals surface area contributed by atoms with Crippen molar-refractivity contribution in [3.05, 3.63) is 33.9 Å². The molecule has 0 radical (unpaired) electrons. The van der Waals surface area contributed by atoms with Gasteiger partial charge in [0, 0.05) is 10.5 Å². The Bertz CT molecular complexity index is 207. The number of rotatable bonds is 0. The Hall–Kier alpha value is -0.620. The van der Waals surface area contributed by atoms with Gasteiger partial charge in [0.15, 0.2) is 0 Å². The van der Waals surface area contributed by atoms with Crippen molar-refractivity contribution in [2.75, 3.05) is 0 Å². The Morgan fingerprint density at radius 1 is 1.33 bits per heavy atom. The third-order valence-corrected chi connectivity index (χ3v) is 1.45. The van der Waals surface area contributed by atoms with Crippen LogP contribution in [0.15, 0.2) is 30.3 Å². The van der Waals surface area contributed by atoms with Crippen LogP contribution in [-0.2, 0) is 4.79 Å². The van der Waals surface area contributed by atoms with Crippen LogP contribution in [0.3, 0.4) is 0 Å². The highest BCUT2D eigenvalue weighted by Crippen LogP contribution is 1.99. The highest BCUT2D eigenvalue weighted by Gasteiger charge is 1.74. The van der Waals surface area contributed by atoms with Gasteiger partial charge in [-0.1, -0.05) is 18.2 Å². The number of hydrogen-bond donors (Lipinski definition) is 1. The number of benzene rings is 1. The number of aliphatic carboxylic acids is 1. The van der Waals surface area contributed by atoms with E-state index < -0.39 is 5.97 Å². The molecule has 0 saturated heterocycles. The minimum atomic E-state index is -0.833. The standard InChI is InChI=1S/C6H5I.C2H4O2.H2O/c7-6-4-2-1-3-5-6;1-2(3)4;/h1-5H;1H3,(H,3,4);1H2. The molecule has 0 aromatic heterocycles. The van der Waals surface area contributed by atoms with Crippen LogP contribution < -0.4 is 0 Å². The molecule has 12 heavy (non-hydrogen) atoms. The molecule has 1 aromatic rings. The van der Waals surface area contributed by atoms with Gasteiger partial charge in [-0.25, -0.2) is 0 Å². The van der Waals surface area contributed by atoms with E-state index in [-0.39, 0.29) is 5.48 Å². The lowest BCUT2D eigenvalue weighted by atomic mass is 10.4. The zero-order valence-electron chi connectivity index (χ0n) is 6.62. The average Bonchev–Trinajstić information content (AvgIpc) is 1.87. The molecule has 4 heteroatoms. The Morgan fingerprint density at radius 3 is 1.83 bits per heavy atom. The lowest BCUT2D eigenvalue weighted by molar-refractivity contribution is -0.134. The second kappa shape index (κ2) is 8.48. The molecule has 0 aliphatic rings. The van der Waals surface area contributed by atoms with Crippen LogP contribution in [0.5, 0.6) is 0 Å². The molecule has 0 fully saturated rings. The summed E-state index contributed by atoms with van der Waals surface area (Å²) >= 11 is 2.28. The molecule has 0 heterocycles. The molecular weight excluding hydrogens is 271 g/mol. The summed E-state index contributed by atoms with van der Waals surface area (Å²) in [4.78, 5) is 9.00. The molecule has 1 rings (SSSR count). The summed E-state index contributed by atoms with van der Waals surface area (Å²) in [6.07, 6.45) is 0. The van der Waals surface area contributed by atoms with Gasteiger partial charge in [0.25, 0.3) is 5.97 Å². The molecule has 0 atom stereocenters. The summed E-state index contributed by atoms with van der Waals surface area (Å²) in [5, 5.41) is 7.42. The number of carboxylic acids is 1. The quantitative estimate of drug-likeness (QED) is 0.733. The predicted molar refractivity (Wildman–Crippen MR) is 56.1 cm³/mol. The van der Waals surface area contributed by atoms with E-state index in [1.807, 2.05) is 18.2 Å². The summed E-state index contributed by atoms with van der Waals surface area (Å²) in [5.74, 6) is -0.833. The van der Waals surface area contributed by atoms with Crippen LogP contribution in [0.4, 0.5) is 0 Å². The molecule has 0 spiro atoms. The first-order valence-corrected chi connectivity index (χ1v) is 4.11. The Morgan fingerprint density at radius 2 is 1.67 bits per heavy atom.